The van der Waals surface area contributed by atoms with Crippen LogP contribution in [0.1, 0.15) is 21.5 Å². The van der Waals surface area contributed by atoms with Crippen molar-refractivity contribution in [1.29, 1.82) is 0 Å². The van der Waals surface area contributed by atoms with E-state index < -0.39 is 5.97 Å². The maximum Gasteiger partial charge on any atom is 0.339 e. The van der Waals surface area contributed by atoms with Crippen molar-refractivity contribution in [1.82, 2.24) is 0 Å². The number of methoxy groups -OCH3 is 1. The number of aromatic carboxylic acids is 1. The minimum atomic E-state index is -0.963. The highest BCUT2D eigenvalue weighted by molar-refractivity contribution is 9.10. The molecule has 0 atom stereocenters. The van der Waals surface area contributed by atoms with Crippen molar-refractivity contribution in [2.24, 2.45) is 0 Å². The van der Waals surface area contributed by atoms with Crippen LogP contribution in [0.3, 0.4) is 0 Å². The number of hydrogen-bond acceptors (Lipinski definition) is 2. The lowest BCUT2D eigenvalue weighted by molar-refractivity contribution is 0.0692. The van der Waals surface area contributed by atoms with Gasteiger partial charge < -0.3 is 9.84 Å². The van der Waals surface area contributed by atoms with E-state index in [4.69, 9.17) is 9.84 Å². The Hall–Kier alpha value is -1.03. The Kier molecular flexibility index (Phi) is 3.16. The lowest BCUT2D eigenvalue weighted by Gasteiger charge is -2.12. The van der Waals surface area contributed by atoms with Crippen molar-refractivity contribution in [3.05, 3.63) is 27.2 Å². The maximum absolute atomic E-state index is 11.0. The minimum Gasteiger partial charge on any atom is -0.496 e. The fraction of sp³-hybridized carbons (Fsp3) is 0.300. The molecule has 4 heteroatoms. The maximum atomic E-state index is 11.0. The highest BCUT2D eigenvalue weighted by atomic mass is 79.9. The van der Waals surface area contributed by atoms with Crippen molar-refractivity contribution >= 4 is 21.9 Å². The standard InChI is InChI=1S/C10H11BrO3/c1-5-4-7(11)6(2)9(14-3)8(5)10(12)13/h4H,1-3H3,(H,12,13). The van der Waals surface area contributed by atoms with E-state index in [1.807, 2.05) is 6.92 Å². The van der Waals surface area contributed by atoms with Crippen LogP contribution in [0, 0.1) is 13.8 Å². The second-order valence-electron chi connectivity index (χ2n) is 3.01. The summed E-state index contributed by atoms with van der Waals surface area (Å²) < 4.78 is 5.95. The number of carboxylic acids is 1. The Morgan fingerprint density at radius 3 is 2.50 bits per heavy atom. The van der Waals surface area contributed by atoms with Gasteiger partial charge in [0.1, 0.15) is 11.3 Å². The largest absolute Gasteiger partial charge is 0.496 e. The predicted molar refractivity (Wildman–Crippen MR) is 57.1 cm³/mol. The Labute approximate surface area is 90.8 Å². The van der Waals surface area contributed by atoms with Gasteiger partial charge in [0.15, 0.2) is 0 Å². The van der Waals surface area contributed by atoms with Crippen LogP contribution in [-0.2, 0) is 0 Å². The first-order chi connectivity index (χ1) is 6.49. The summed E-state index contributed by atoms with van der Waals surface area (Å²) >= 11 is 3.35. The van der Waals surface area contributed by atoms with Gasteiger partial charge in [0.05, 0.1) is 7.11 Å². The van der Waals surface area contributed by atoms with Crippen LogP contribution in [0.4, 0.5) is 0 Å². The molecule has 76 valence electrons. The number of halogens is 1. The first kappa shape index (κ1) is 11.0. The molecule has 1 aromatic carbocycles. The number of aryl methyl sites for hydroxylation is 1. The SMILES string of the molecule is COc1c(C)c(Br)cc(C)c1C(=O)O. The molecule has 0 aliphatic heterocycles. The van der Waals surface area contributed by atoms with Gasteiger partial charge in [0.25, 0.3) is 0 Å². The van der Waals surface area contributed by atoms with Crippen molar-refractivity contribution < 1.29 is 14.6 Å². The molecular formula is C10H11BrO3. The first-order valence-electron chi connectivity index (χ1n) is 4.06. The summed E-state index contributed by atoms with van der Waals surface area (Å²) in [7, 11) is 1.47. The summed E-state index contributed by atoms with van der Waals surface area (Å²) in [6.45, 7) is 3.56. The molecule has 0 aromatic heterocycles. The first-order valence-corrected chi connectivity index (χ1v) is 4.85. The molecule has 0 amide bonds. The van der Waals surface area contributed by atoms with Crippen LogP contribution in [0.5, 0.6) is 5.75 Å². The van der Waals surface area contributed by atoms with E-state index in [2.05, 4.69) is 15.9 Å². The number of benzene rings is 1. The molecule has 0 fully saturated rings. The molecule has 0 radical (unpaired) electrons. The summed E-state index contributed by atoms with van der Waals surface area (Å²) in [5, 5.41) is 9.00. The summed E-state index contributed by atoms with van der Waals surface area (Å²) in [4.78, 5) is 11.0. The van der Waals surface area contributed by atoms with E-state index in [-0.39, 0.29) is 5.56 Å². The van der Waals surface area contributed by atoms with E-state index in [9.17, 15) is 4.79 Å². The number of ether oxygens (including phenoxy) is 1. The average Bonchev–Trinajstić information content (AvgIpc) is 2.09. The zero-order valence-corrected chi connectivity index (χ0v) is 9.81. The van der Waals surface area contributed by atoms with E-state index in [0.717, 1.165) is 10.0 Å². The fourth-order valence-corrected chi connectivity index (χ4v) is 1.89. The molecule has 1 rings (SSSR count). The van der Waals surface area contributed by atoms with Gasteiger partial charge in [0, 0.05) is 10.0 Å². The number of carbonyl (C=O) groups is 1. The zero-order chi connectivity index (χ0) is 10.9. The molecule has 1 aromatic rings. The molecule has 0 heterocycles. The third-order valence-corrected chi connectivity index (χ3v) is 2.91. The minimum absolute atomic E-state index is 0.230. The van der Waals surface area contributed by atoms with Crippen LogP contribution in [0.2, 0.25) is 0 Å². The third-order valence-electron chi connectivity index (χ3n) is 2.08. The van der Waals surface area contributed by atoms with Gasteiger partial charge in [-0.1, -0.05) is 15.9 Å². The number of carboxylic acid groups (broad SMARTS) is 1. The molecule has 0 bridgehead atoms. The number of rotatable bonds is 2. The van der Waals surface area contributed by atoms with Crippen LogP contribution in [-0.4, -0.2) is 18.2 Å². The van der Waals surface area contributed by atoms with Gasteiger partial charge in [-0.15, -0.1) is 0 Å². The van der Waals surface area contributed by atoms with E-state index in [1.54, 1.807) is 13.0 Å². The summed E-state index contributed by atoms with van der Waals surface area (Å²) in [6, 6.07) is 1.78. The highest BCUT2D eigenvalue weighted by Gasteiger charge is 2.18. The van der Waals surface area contributed by atoms with Crippen molar-refractivity contribution in [3.63, 3.8) is 0 Å². The Balaban J connectivity index is 3.55. The molecule has 0 aliphatic carbocycles. The second kappa shape index (κ2) is 4.00. The van der Waals surface area contributed by atoms with E-state index >= 15 is 0 Å². The van der Waals surface area contributed by atoms with Gasteiger partial charge in [-0.05, 0) is 25.5 Å². The lowest BCUT2D eigenvalue weighted by Crippen LogP contribution is -2.05. The normalized spacial score (nSPS) is 10.0. The smallest absolute Gasteiger partial charge is 0.339 e. The van der Waals surface area contributed by atoms with Gasteiger partial charge in [-0.25, -0.2) is 4.79 Å². The van der Waals surface area contributed by atoms with Gasteiger partial charge >= 0.3 is 5.97 Å². The third kappa shape index (κ3) is 1.75. The Bertz CT molecular complexity index is 385. The Morgan fingerprint density at radius 1 is 1.50 bits per heavy atom. The van der Waals surface area contributed by atoms with Gasteiger partial charge in [0.2, 0.25) is 0 Å². The molecule has 0 spiro atoms. The fourth-order valence-electron chi connectivity index (χ4n) is 1.37. The topological polar surface area (TPSA) is 46.5 Å². The molecule has 14 heavy (non-hydrogen) atoms. The molecule has 0 saturated heterocycles. The zero-order valence-electron chi connectivity index (χ0n) is 8.22. The van der Waals surface area contributed by atoms with Crippen molar-refractivity contribution in [2.75, 3.05) is 7.11 Å². The van der Waals surface area contributed by atoms with E-state index in [1.165, 1.54) is 7.11 Å². The molecular weight excluding hydrogens is 248 g/mol. The molecule has 3 nitrogen and oxygen atoms in total. The molecule has 1 N–H and O–H groups in total. The predicted octanol–water partition coefficient (Wildman–Crippen LogP) is 2.77. The summed E-state index contributed by atoms with van der Waals surface area (Å²) in [6.07, 6.45) is 0. The molecule has 0 aliphatic rings. The second-order valence-corrected chi connectivity index (χ2v) is 3.87. The molecule has 0 unspecified atom stereocenters. The highest BCUT2D eigenvalue weighted by Crippen LogP contribution is 2.32. The van der Waals surface area contributed by atoms with Crippen molar-refractivity contribution in [3.8, 4) is 5.75 Å². The van der Waals surface area contributed by atoms with Crippen molar-refractivity contribution in [2.45, 2.75) is 13.8 Å². The number of hydrogen-bond donors (Lipinski definition) is 1. The van der Waals surface area contributed by atoms with Crippen LogP contribution < -0.4 is 4.74 Å². The van der Waals surface area contributed by atoms with Crippen LogP contribution >= 0.6 is 15.9 Å². The lowest BCUT2D eigenvalue weighted by atomic mass is 10.0. The summed E-state index contributed by atoms with van der Waals surface area (Å²) in [5.74, 6) is -0.542. The average molecular weight is 259 g/mol. The molecule has 0 saturated carbocycles. The quantitative estimate of drug-likeness (QED) is 0.888. The van der Waals surface area contributed by atoms with Crippen LogP contribution in [0.15, 0.2) is 10.5 Å². The van der Waals surface area contributed by atoms with Gasteiger partial charge in [-0.2, -0.15) is 0 Å². The Morgan fingerprint density at radius 2 is 2.07 bits per heavy atom. The monoisotopic (exact) mass is 258 g/mol. The van der Waals surface area contributed by atoms with Crippen LogP contribution in [0.25, 0.3) is 0 Å². The van der Waals surface area contributed by atoms with Gasteiger partial charge in [-0.3, -0.25) is 0 Å². The summed E-state index contributed by atoms with van der Waals surface area (Å²) in [5.41, 5.74) is 1.72. The van der Waals surface area contributed by atoms with E-state index in [0.29, 0.717) is 11.3 Å².